The van der Waals surface area contributed by atoms with Crippen LogP contribution in [-0.2, 0) is 16.1 Å². The maximum Gasteiger partial charge on any atom is 0.258 e. The molecule has 0 aliphatic carbocycles. The summed E-state index contributed by atoms with van der Waals surface area (Å²) < 4.78 is 11.0. The van der Waals surface area contributed by atoms with Crippen molar-refractivity contribution >= 4 is 11.6 Å². The van der Waals surface area contributed by atoms with Crippen LogP contribution in [0.3, 0.4) is 0 Å². The maximum absolute atomic E-state index is 12.0. The van der Waals surface area contributed by atoms with Crippen LogP contribution < -0.4 is 15.0 Å². The Labute approximate surface area is 154 Å². The standard InChI is InChI=1S/C21H26N2O3/c1-16-3-8-20(17(2)13-16)26-15-21(24)22-14-18-4-6-19(7-5-18)23-9-11-25-12-10-23/h3-8,13H,9-12,14-15H2,1-2H3,(H,22,24). The van der Waals surface area contributed by atoms with Crippen molar-refractivity contribution in [1.82, 2.24) is 5.32 Å². The van der Waals surface area contributed by atoms with Gasteiger partial charge in [0.2, 0.25) is 0 Å². The van der Waals surface area contributed by atoms with Crippen LogP contribution in [0.15, 0.2) is 42.5 Å². The first-order chi connectivity index (χ1) is 12.6. The fraction of sp³-hybridized carbons (Fsp3) is 0.381. The van der Waals surface area contributed by atoms with E-state index in [1.807, 2.05) is 32.0 Å². The summed E-state index contributed by atoms with van der Waals surface area (Å²) in [6.45, 7) is 7.94. The van der Waals surface area contributed by atoms with Crippen LogP contribution >= 0.6 is 0 Å². The SMILES string of the molecule is Cc1ccc(OCC(=O)NCc2ccc(N3CCOCC3)cc2)c(C)c1. The van der Waals surface area contributed by atoms with Gasteiger partial charge in [0.25, 0.3) is 5.91 Å². The van der Waals surface area contributed by atoms with Gasteiger partial charge in [0.1, 0.15) is 5.75 Å². The number of benzene rings is 2. The molecule has 26 heavy (non-hydrogen) atoms. The number of morpholine rings is 1. The molecule has 2 aromatic carbocycles. The molecule has 0 radical (unpaired) electrons. The highest BCUT2D eigenvalue weighted by atomic mass is 16.5. The van der Waals surface area contributed by atoms with E-state index >= 15 is 0 Å². The third-order valence-electron chi connectivity index (χ3n) is 4.49. The molecular formula is C21H26N2O3. The van der Waals surface area contributed by atoms with Gasteiger partial charge in [0.15, 0.2) is 6.61 Å². The number of amides is 1. The van der Waals surface area contributed by atoms with Crippen LogP contribution in [0.2, 0.25) is 0 Å². The second-order valence-corrected chi connectivity index (χ2v) is 6.60. The average Bonchev–Trinajstić information content (AvgIpc) is 2.67. The average molecular weight is 354 g/mol. The molecule has 1 saturated heterocycles. The summed E-state index contributed by atoms with van der Waals surface area (Å²) >= 11 is 0. The summed E-state index contributed by atoms with van der Waals surface area (Å²) in [5, 5.41) is 2.90. The van der Waals surface area contributed by atoms with E-state index in [0.717, 1.165) is 43.2 Å². The summed E-state index contributed by atoms with van der Waals surface area (Å²) in [7, 11) is 0. The zero-order valence-corrected chi connectivity index (χ0v) is 15.5. The Bertz CT molecular complexity index is 737. The first-order valence-electron chi connectivity index (χ1n) is 9.00. The van der Waals surface area contributed by atoms with E-state index in [9.17, 15) is 4.79 Å². The number of nitrogens with zero attached hydrogens (tertiary/aromatic N) is 1. The number of anilines is 1. The number of hydrogen-bond donors (Lipinski definition) is 1. The second kappa shape index (κ2) is 8.72. The molecule has 138 valence electrons. The van der Waals surface area contributed by atoms with Gasteiger partial charge in [0, 0.05) is 25.3 Å². The monoisotopic (exact) mass is 354 g/mol. The van der Waals surface area contributed by atoms with Crippen molar-refractivity contribution in [1.29, 1.82) is 0 Å². The number of rotatable bonds is 6. The number of nitrogens with one attached hydrogen (secondary N) is 1. The van der Waals surface area contributed by atoms with E-state index in [2.05, 4.69) is 34.5 Å². The summed E-state index contributed by atoms with van der Waals surface area (Å²) in [4.78, 5) is 14.3. The molecule has 2 aromatic rings. The van der Waals surface area contributed by atoms with Crippen LogP contribution in [0.5, 0.6) is 5.75 Å². The lowest BCUT2D eigenvalue weighted by molar-refractivity contribution is -0.123. The van der Waals surface area contributed by atoms with Gasteiger partial charge in [0.05, 0.1) is 13.2 Å². The second-order valence-electron chi connectivity index (χ2n) is 6.60. The molecule has 0 unspecified atom stereocenters. The predicted octanol–water partition coefficient (Wildman–Crippen LogP) is 2.84. The molecule has 0 atom stereocenters. The van der Waals surface area contributed by atoms with Gasteiger partial charge in [-0.2, -0.15) is 0 Å². The van der Waals surface area contributed by atoms with Crippen molar-refractivity contribution in [2.45, 2.75) is 20.4 Å². The predicted molar refractivity (Wildman–Crippen MR) is 103 cm³/mol. The van der Waals surface area contributed by atoms with Crippen molar-refractivity contribution in [2.24, 2.45) is 0 Å². The van der Waals surface area contributed by atoms with Crippen molar-refractivity contribution < 1.29 is 14.3 Å². The quantitative estimate of drug-likeness (QED) is 0.867. The first kappa shape index (κ1) is 18.3. The topological polar surface area (TPSA) is 50.8 Å². The summed E-state index contributed by atoms with van der Waals surface area (Å²) in [6.07, 6.45) is 0. The van der Waals surface area contributed by atoms with E-state index in [-0.39, 0.29) is 12.5 Å². The summed E-state index contributed by atoms with van der Waals surface area (Å²) in [5.74, 6) is 0.628. The molecule has 3 rings (SSSR count). The van der Waals surface area contributed by atoms with E-state index < -0.39 is 0 Å². The molecule has 1 fully saturated rings. The van der Waals surface area contributed by atoms with Gasteiger partial charge in [-0.1, -0.05) is 29.8 Å². The minimum atomic E-state index is -0.123. The lowest BCUT2D eigenvalue weighted by atomic mass is 10.1. The van der Waals surface area contributed by atoms with Gasteiger partial charge in [-0.3, -0.25) is 4.79 Å². The molecule has 0 bridgehead atoms. The Morgan fingerprint density at radius 3 is 2.54 bits per heavy atom. The molecule has 1 aliphatic heterocycles. The Balaban J connectivity index is 1.45. The fourth-order valence-electron chi connectivity index (χ4n) is 3.00. The van der Waals surface area contributed by atoms with Crippen molar-refractivity contribution in [2.75, 3.05) is 37.8 Å². The molecule has 1 amide bonds. The van der Waals surface area contributed by atoms with E-state index in [4.69, 9.17) is 9.47 Å². The number of aryl methyl sites for hydroxylation is 2. The summed E-state index contributed by atoms with van der Waals surface area (Å²) in [5.41, 5.74) is 4.49. The maximum atomic E-state index is 12.0. The van der Waals surface area contributed by atoms with Crippen LogP contribution in [-0.4, -0.2) is 38.8 Å². The zero-order valence-electron chi connectivity index (χ0n) is 15.5. The Hall–Kier alpha value is -2.53. The fourth-order valence-corrected chi connectivity index (χ4v) is 3.00. The molecule has 0 saturated carbocycles. The van der Waals surface area contributed by atoms with Gasteiger partial charge >= 0.3 is 0 Å². The van der Waals surface area contributed by atoms with E-state index in [0.29, 0.717) is 6.54 Å². The lowest BCUT2D eigenvalue weighted by Crippen LogP contribution is -2.36. The van der Waals surface area contributed by atoms with Gasteiger partial charge in [-0.15, -0.1) is 0 Å². The third-order valence-corrected chi connectivity index (χ3v) is 4.49. The Morgan fingerprint density at radius 1 is 1.12 bits per heavy atom. The van der Waals surface area contributed by atoms with Crippen molar-refractivity contribution in [3.63, 3.8) is 0 Å². The van der Waals surface area contributed by atoms with Crippen LogP contribution in [0, 0.1) is 13.8 Å². The van der Waals surface area contributed by atoms with Crippen LogP contribution in [0.25, 0.3) is 0 Å². The van der Waals surface area contributed by atoms with E-state index in [1.54, 1.807) is 0 Å². The normalized spacial score (nSPS) is 14.2. The van der Waals surface area contributed by atoms with E-state index in [1.165, 1.54) is 11.3 Å². The minimum Gasteiger partial charge on any atom is -0.484 e. The highest BCUT2D eigenvalue weighted by Crippen LogP contribution is 2.19. The molecule has 5 heteroatoms. The van der Waals surface area contributed by atoms with Crippen molar-refractivity contribution in [3.8, 4) is 5.75 Å². The van der Waals surface area contributed by atoms with Gasteiger partial charge < -0.3 is 19.7 Å². The minimum absolute atomic E-state index is 0.0236. The molecule has 1 N–H and O–H groups in total. The highest BCUT2D eigenvalue weighted by molar-refractivity contribution is 5.77. The Kier molecular flexibility index (Phi) is 6.12. The van der Waals surface area contributed by atoms with Gasteiger partial charge in [-0.25, -0.2) is 0 Å². The Morgan fingerprint density at radius 2 is 1.85 bits per heavy atom. The highest BCUT2D eigenvalue weighted by Gasteiger charge is 2.11. The number of carbonyl (C=O) groups is 1. The smallest absolute Gasteiger partial charge is 0.258 e. The number of hydrogen-bond acceptors (Lipinski definition) is 4. The lowest BCUT2D eigenvalue weighted by Gasteiger charge is -2.28. The van der Waals surface area contributed by atoms with Crippen molar-refractivity contribution in [3.05, 3.63) is 59.2 Å². The van der Waals surface area contributed by atoms with Crippen LogP contribution in [0.1, 0.15) is 16.7 Å². The number of ether oxygens (including phenoxy) is 2. The third kappa shape index (κ3) is 4.99. The zero-order chi connectivity index (χ0) is 18.4. The molecule has 0 aromatic heterocycles. The van der Waals surface area contributed by atoms with Crippen LogP contribution in [0.4, 0.5) is 5.69 Å². The number of carbonyl (C=O) groups excluding carboxylic acids is 1. The molecule has 5 nitrogen and oxygen atoms in total. The molecular weight excluding hydrogens is 328 g/mol. The molecule has 1 heterocycles. The first-order valence-corrected chi connectivity index (χ1v) is 9.00. The molecule has 0 spiro atoms. The molecule has 1 aliphatic rings. The van der Waals surface area contributed by atoms with Gasteiger partial charge in [-0.05, 0) is 43.2 Å². The summed E-state index contributed by atoms with van der Waals surface area (Å²) in [6, 6.07) is 14.2. The largest absolute Gasteiger partial charge is 0.484 e.